The van der Waals surface area contributed by atoms with Crippen molar-refractivity contribution in [2.45, 2.75) is 13.2 Å². The van der Waals surface area contributed by atoms with E-state index in [9.17, 15) is 4.79 Å². The Hall–Kier alpha value is -4.97. The van der Waals surface area contributed by atoms with Crippen molar-refractivity contribution in [3.05, 3.63) is 138 Å². The van der Waals surface area contributed by atoms with Crippen LogP contribution in [-0.2, 0) is 13.2 Å². The summed E-state index contributed by atoms with van der Waals surface area (Å²) in [5.41, 5.74) is 3.41. The van der Waals surface area contributed by atoms with E-state index in [1.165, 1.54) is 12.4 Å². The van der Waals surface area contributed by atoms with Crippen LogP contribution >= 0.6 is 0 Å². The summed E-state index contributed by atoms with van der Waals surface area (Å²) >= 11 is 0. The van der Waals surface area contributed by atoms with Crippen LogP contribution in [0.3, 0.4) is 0 Å². The summed E-state index contributed by atoms with van der Waals surface area (Å²) < 4.78 is 17.0. The van der Waals surface area contributed by atoms with E-state index in [0.717, 1.165) is 22.4 Å². The van der Waals surface area contributed by atoms with Crippen molar-refractivity contribution in [3.63, 3.8) is 0 Å². The molecule has 0 aliphatic carbocycles. The first kappa shape index (κ1) is 23.8. The minimum absolute atomic E-state index is 0.265. The maximum Gasteiger partial charge on any atom is 0.343 e. The molecule has 0 bridgehead atoms. The van der Waals surface area contributed by atoms with Crippen LogP contribution in [0.4, 0.5) is 0 Å². The normalized spacial score (nSPS) is 10.5. The zero-order chi connectivity index (χ0) is 25.3. The Morgan fingerprint density at radius 2 is 1.05 bits per heavy atom. The molecule has 6 nitrogen and oxygen atoms in total. The topological polar surface area (TPSA) is 70.5 Å². The molecule has 0 aliphatic rings. The third kappa shape index (κ3) is 6.58. The van der Waals surface area contributed by atoms with Crippen LogP contribution in [0.1, 0.15) is 21.5 Å². The molecule has 4 aromatic carbocycles. The number of nitrogens with zero attached hydrogens (tertiary/aromatic N) is 2. The third-order valence-corrected chi connectivity index (χ3v) is 5.54. The van der Waals surface area contributed by atoms with Gasteiger partial charge in [-0.25, -0.2) is 14.8 Å². The van der Waals surface area contributed by atoms with Gasteiger partial charge in [-0.15, -0.1) is 0 Å². The summed E-state index contributed by atoms with van der Waals surface area (Å²) in [6.45, 7) is 0.956. The van der Waals surface area contributed by atoms with E-state index in [0.29, 0.717) is 30.4 Å². The molecule has 0 saturated carbocycles. The lowest BCUT2D eigenvalue weighted by Gasteiger charge is -2.08. The number of aromatic nitrogens is 2. The van der Waals surface area contributed by atoms with E-state index in [1.54, 1.807) is 24.3 Å². The minimum atomic E-state index is -0.495. The second kappa shape index (κ2) is 11.6. The van der Waals surface area contributed by atoms with Gasteiger partial charge in [-0.2, -0.15) is 0 Å². The van der Waals surface area contributed by atoms with E-state index < -0.39 is 5.97 Å². The molecule has 0 atom stereocenters. The van der Waals surface area contributed by atoms with Gasteiger partial charge < -0.3 is 14.2 Å². The van der Waals surface area contributed by atoms with Gasteiger partial charge >= 0.3 is 5.97 Å². The second-order valence-corrected chi connectivity index (χ2v) is 8.23. The first-order chi connectivity index (χ1) is 18.2. The zero-order valence-corrected chi connectivity index (χ0v) is 20.0. The molecule has 5 aromatic rings. The van der Waals surface area contributed by atoms with Crippen LogP contribution in [0.5, 0.6) is 17.2 Å². The second-order valence-electron chi connectivity index (χ2n) is 8.23. The molecule has 0 fully saturated rings. The van der Waals surface area contributed by atoms with Crippen LogP contribution in [0, 0.1) is 0 Å². The van der Waals surface area contributed by atoms with Crippen molar-refractivity contribution in [1.29, 1.82) is 0 Å². The van der Waals surface area contributed by atoms with Gasteiger partial charge in [0.2, 0.25) is 0 Å². The Morgan fingerprint density at radius 3 is 1.57 bits per heavy atom. The Kier molecular flexibility index (Phi) is 7.47. The Bertz CT molecular complexity index is 1420. The third-order valence-electron chi connectivity index (χ3n) is 5.54. The quantitative estimate of drug-likeness (QED) is 0.220. The largest absolute Gasteiger partial charge is 0.489 e. The number of esters is 1. The van der Waals surface area contributed by atoms with Gasteiger partial charge in [0.05, 0.1) is 18.0 Å². The van der Waals surface area contributed by atoms with Gasteiger partial charge in [-0.1, -0.05) is 60.7 Å². The summed E-state index contributed by atoms with van der Waals surface area (Å²) in [4.78, 5) is 21.2. The summed E-state index contributed by atoms with van der Waals surface area (Å²) in [6, 6.07) is 34.2. The molecule has 37 heavy (non-hydrogen) atoms. The monoisotopic (exact) mass is 488 g/mol. The Balaban J connectivity index is 1.14. The molecule has 182 valence electrons. The fourth-order valence-electron chi connectivity index (χ4n) is 3.55. The standard InChI is InChI=1S/C31H24N2O4/c34-31(26-13-17-28(18-14-26)36-22-24-9-5-2-6-10-24)37-29-19-32-30(33-20-29)25-11-15-27(16-12-25)35-21-23-7-3-1-4-8-23/h1-20H,21-22H2. The average molecular weight is 489 g/mol. The molecule has 6 heteroatoms. The molecular formula is C31H24N2O4. The molecule has 1 heterocycles. The predicted molar refractivity (Wildman–Crippen MR) is 140 cm³/mol. The minimum Gasteiger partial charge on any atom is -0.489 e. The number of carbonyl (C=O) groups is 1. The van der Waals surface area contributed by atoms with Crippen molar-refractivity contribution < 1.29 is 19.0 Å². The fourth-order valence-corrected chi connectivity index (χ4v) is 3.55. The first-order valence-electron chi connectivity index (χ1n) is 11.8. The van der Waals surface area contributed by atoms with E-state index in [-0.39, 0.29) is 5.75 Å². The van der Waals surface area contributed by atoms with Crippen LogP contribution < -0.4 is 14.2 Å². The maximum atomic E-state index is 12.5. The molecule has 5 rings (SSSR count). The van der Waals surface area contributed by atoms with Crippen molar-refractivity contribution in [2.75, 3.05) is 0 Å². The van der Waals surface area contributed by atoms with Gasteiger partial charge in [0.15, 0.2) is 11.6 Å². The van der Waals surface area contributed by atoms with Gasteiger partial charge in [0.1, 0.15) is 24.7 Å². The van der Waals surface area contributed by atoms with E-state index in [4.69, 9.17) is 14.2 Å². The Labute approximate surface area is 215 Å². The van der Waals surface area contributed by atoms with E-state index in [2.05, 4.69) is 9.97 Å². The summed E-state index contributed by atoms with van der Waals surface area (Å²) in [5, 5.41) is 0. The van der Waals surface area contributed by atoms with Crippen molar-refractivity contribution in [1.82, 2.24) is 9.97 Å². The maximum absolute atomic E-state index is 12.5. The average Bonchev–Trinajstić information content (AvgIpc) is 2.97. The summed E-state index contributed by atoms with van der Waals surface area (Å²) in [6.07, 6.45) is 2.97. The van der Waals surface area contributed by atoms with Gasteiger partial charge in [-0.05, 0) is 59.7 Å². The molecule has 0 radical (unpaired) electrons. The lowest BCUT2D eigenvalue weighted by molar-refractivity contribution is 0.0733. The lowest BCUT2D eigenvalue weighted by atomic mass is 10.2. The van der Waals surface area contributed by atoms with Crippen LogP contribution in [0.15, 0.2) is 122 Å². The van der Waals surface area contributed by atoms with Crippen LogP contribution in [-0.4, -0.2) is 15.9 Å². The molecule has 0 unspecified atom stereocenters. The molecule has 0 aliphatic heterocycles. The van der Waals surface area contributed by atoms with Crippen molar-refractivity contribution >= 4 is 5.97 Å². The van der Waals surface area contributed by atoms with Gasteiger partial charge in [0.25, 0.3) is 0 Å². The zero-order valence-electron chi connectivity index (χ0n) is 20.0. The van der Waals surface area contributed by atoms with E-state index >= 15 is 0 Å². The molecule has 0 amide bonds. The molecule has 1 aromatic heterocycles. The number of hydrogen-bond donors (Lipinski definition) is 0. The highest BCUT2D eigenvalue weighted by Gasteiger charge is 2.11. The SMILES string of the molecule is O=C(Oc1cnc(-c2ccc(OCc3ccccc3)cc2)nc1)c1ccc(OCc2ccccc2)cc1. The number of hydrogen-bond acceptors (Lipinski definition) is 6. The highest BCUT2D eigenvalue weighted by molar-refractivity contribution is 5.91. The molecule has 0 N–H and O–H groups in total. The number of carbonyl (C=O) groups excluding carboxylic acids is 1. The number of rotatable bonds is 9. The van der Waals surface area contributed by atoms with Crippen LogP contribution in [0.2, 0.25) is 0 Å². The predicted octanol–water partition coefficient (Wildman–Crippen LogP) is 6.52. The first-order valence-corrected chi connectivity index (χ1v) is 11.8. The van der Waals surface area contributed by atoms with Crippen LogP contribution in [0.25, 0.3) is 11.4 Å². The summed E-state index contributed by atoms with van der Waals surface area (Å²) in [5.74, 6) is 1.72. The number of benzene rings is 4. The van der Waals surface area contributed by atoms with Gasteiger partial charge in [0, 0.05) is 5.56 Å². The van der Waals surface area contributed by atoms with Crippen molar-refractivity contribution in [3.8, 4) is 28.6 Å². The molecule has 0 spiro atoms. The van der Waals surface area contributed by atoms with Gasteiger partial charge in [-0.3, -0.25) is 0 Å². The van der Waals surface area contributed by atoms with E-state index in [1.807, 2.05) is 84.9 Å². The molecular weight excluding hydrogens is 464 g/mol. The fraction of sp³-hybridized carbons (Fsp3) is 0.0645. The summed E-state index contributed by atoms with van der Waals surface area (Å²) in [7, 11) is 0. The molecule has 0 saturated heterocycles. The lowest BCUT2D eigenvalue weighted by Crippen LogP contribution is -2.09. The number of ether oxygens (including phenoxy) is 3. The Morgan fingerprint density at radius 1 is 0.568 bits per heavy atom. The van der Waals surface area contributed by atoms with Crippen molar-refractivity contribution in [2.24, 2.45) is 0 Å². The smallest absolute Gasteiger partial charge is 0.343 e. The highest BCUT2D eigenvalue weighted by atomic mass is 16.5. The highest BCUT2D eigenvalue weighted by Crippen LogP contribution is 2.22.